The van der Waals surface area contributed by atoms with E-state index in [0.29, 0.717) is 39.3 Å². The third-order valence-corrected chi connectivity index (χ3v) is 10.1. The Kier molecular flexibility index (Phi) is 14.8. The second-order valence-corrected chi connectivity index (χ2v) is 14.3. The van der Waals surface area contributed by atoms with Crippen molar-refractivity contribution in [2.24, 2.45) is 0 Å². The molecule has 0 bridgehead atoms. The number of phosphoric acid groups is 1. The van der Waals surface area contributed by atoms with Gasteiger partial charge in [-0.15, -0.1) is 0 Å². The summed E-state index contributed by atoms with van der Waals surface area (Å²) in [5.41, 5.74) is 4.84. The predicted octanol–water partition coefficient (Wildman–Crippen LogP) is 9.48. The molecule has 0 spiro atoms. The smallest absolute Gasteiger partial charge is 0.374 e. The lowest BCUT2D eigenvalue weighted by atomic mass is 9.89. The van der Waals surface area contributed by atoms with Crippen molar-refractivity contribution in [1.29, 1.82) is 0 Å². The molecule has 9 heteroatoms. The van der Waals surface area contributed by atoms with Gasteiger partial charge >= 0.3 is 7.82 Å². The van der Waals surface area contributed by atoms with Gasteiger partial charge in [0.1, 0.15) is 6.10 Å². The van der Waals surface area contributed by atoms with Crippen LogP contribution in [0.1, 0.15) is 40.7 Å². The first-order chi connectivity index (χ1) is 25.6. The van der Waals surface area contributed by atoms with E-state index in [0.717, 1.165) is 27.8 Å². The van der Waals surface area contributed by atoms with Gasteiger partial charge < -0.3 is 18.9 Å². The van der Waals surface area contributed by atoms with Crippen molar-refractivity contribution < 1.29 is 37.1 Å². The zero-order valence-electron chi connectivity index (χ0n) is 29.3. The molecule has 0 aliphatic heterocycles. The first-order valence-corrected chi connectivity index (χ1v) is 19.3. The second kappa shape index (κ2) is 20.3. The topological polar surface area (TPSA) is 81.7 Å². The fourth-order valence-corrected chi connectivity index (χ4v) is 7.39. The van der Waals surface area contributed by atoms with Crippen LogP contribution in [0.5, 0.6) is 0 Å². The molecule has 6 rings (SSSR count). The largest absolute Gasteiger partial charge is 0.475 e. The van der Waals surface area contributed by atoms with E-state index in [9.17, 15) is 4.57 Å². The quantitative estimate of drug-likeness (QED) is 0.0581. The summed E-state index contributed by atoms with van der Waals surface area (Å²) in [4.78, 5) is 0. The molecule has 4 atom stereocenters. The maximum absolute atomic E-state index is 14.7. The van der Waals surface area contributed by atoms with Crippen molar-refractivity contribution >= 4 is 7.82 Å². The summed E-state index contributed by atoms with van der Waals surface area (Å²) >= 11 is 0. The Morgan fingerprint density at radius 2 is 0.827 bits per heavy atom. The molecule has 272 valence electrons. The monoisotopic (exact) mass is 722 g/mol. The zero-order chi connectivity index (χ0) is 35.7. The molecule has 52 heavy (non-hydrogen) atoms. The van der Waals surface area contributed by atoms with Gasteiger partial charge in [0.2, 0.25) is 0 Å². The Bertz CT molecular complexity index is 1700. The summed E-state index contributed by atoms with van der Waals surface area (Å²) in [7, 11) is -4.19. The average Bonchev–Trinajstić information content (AvgIpc) is 3.20. The molecule has 0 radical (unpaired) electrons. The summed E-state index contributed by atoms with van der Waals surface area (Å²) in [5.74, 6) is 0. The van der Waals surface area contributed by atoms with Gasteiger partial charge in [-0.2, -0.15) is 0 Å². The zero-order valence-corrected chi connectivity index (χ0v) is 30.2. The van der Waals surface area contributed by atoms with Crippen LogP contribution in [0, 0.1) is 0 Å². The van der Waals surface area contributed by atoms with Gasteiger partial charge in [-0.1, -0.05) is 152 Å². The standard InChI is InChI=1S/C43H47O8P/c44-52(49-33-38-22-12-4-13-23-38,50-34-39-24-14-5-15-25-39)51-43-41(46-27-26-45-30-35-16-6-1-7-17-35)28-40(47-31-36-18-8-2-9-19-36)29-42(43)48-32-37-20-10-3-11-21-37/h1-25,40-43H,26-34H2/t40-,41+,42+,43-/m0/s1. The third-order valence-electron chi connectivity index (χ3n) is 8.74. The Morgan fingerprint density at radius 1 is 0.442 bits per heavy atom. The van der Waals surface area contributed by atoms with E-state index in [1.54, 1.807) is 0 Å². The molecule has 0 saturated heterocycles. The van der Waals surface area contributed by atoms with Crippen LogP contribution >= 0.6 is 7.82 Å². The predicted molar refractivity (Wildman–Crippen MR) is 200 cm³/mol. The number of rotatable bonds is 20. The minimum absolute atomic E-state index is 0.0385. The Labute approximate surface area is 307 Å². The van der Waals surface area contributed by atoms with Crippen LogP contribution in [0.4, 0.5) is 0 Å². The van der Waals surface area contributed by atoms with E-state index in [1.165, 1.54) is 0 Å². The first kappa shape index (κ1) is 37.8. The maximum Gasteiger partial charge on any atom is 0.475 e. The molecule has 0 aromatic heterocycles. The van der Waals surface area contributed by atoms with Gasteiger partial charge in [0, 0.05) is 12.8 Å². The van der Waals surface area contributed by atoms with Gasteiger partial charge in [0.15, 0.2) is 0 Å². The fraction of sp³-hybridized carbons (Fsp3) is 0.302. The second-order valence-electron chi connectivity index (χ2n) is 12.7. The Morgan fingerprint density at radius 3 is 1.29 bits per heavy atom. The van der Waals surface area contributed by atoms with Crippen LogP contribution in [0.3, 0.4) is 0 Å². The van der Waals surface area contributed by atoms with E-state index < -0.39 is 26.1 Å². The SMILES string of the molecule is O=P(OCc1ccccc1)(OCc1ccccc1)O[C@H]1[C@H](OCCOCc2ccccc2)C[C@H](OCc2ccccc2)C[C@H]1OCc1ccccc1. The molecule has 0 N–H and O–H groups in total. The van der Waals surface area contributed by atoms with Crippen molar-refractivity contribution in [3.05, 3.63) is 179 Å². The Balaban J connectivity index is 1.23. The molecule has 5 aromatic rings. The van der Waals surface area contributed by atoms with E-state index >= 15 is 0 Å². The van der Waals surface area contributed by atoms with Crippen LogP contribution in [0.15, 0.2) is 152 Å². The first-order valence-electron chi connectivity index (χ1n) is 17.8. The van der Waals surface area contributed by atoms with Gasteiger partial charge in [0.25, 0.3) is 0 Å². The van der Waals surface area contributed by atoms with Crippen LogP contribution in [-0.2, 0) is 70.1 Å². The molecule has 0 heterocycles. The number of ether oxygens (including phenoxy) is 4. The van der Waals surface area contributed by atoms with Crippen molar-refractivity contribution in [2.75, 3.05) is 13.2 Å². The highest BCUT2D eigenvalue weighted by Gasteiger charge is 2.45. The number of hydrogen-bond donors (Lipinski definition) is 0. The van der Waals surface area contributed by atoms with Crippen LogP contribution in [-0.4, -0.2) is 37.6 Å². The summed E-state index contributed by atoms with van der Waals surface area (Å²) in [5, 5.41) is 0. The minimum atomic E-state index is -4.19. The highest BCUT2D eigenvalue weighted by atomic mass is 31.2. The molecule has 1 aliphatic rings. The van der Waals surface area contributed by atoms with E-state index in [-0.39, 0.29) is 25.9 Å². The highest BCUT2D eigenvalue weighted by molar-refractivity contribution is 7.48. The Hall–Kier alpha value is -3.95. The molecule has 8 nitrogen and oxygen atoms in total. The van der Waals surface area contributed by atoms with Gasteiger partial charge in [-0.25, -0.2) is 4.57 Å². The number of benzene rings is 5. The lowest BCUT2D eigenvalue weighted by molar-refractivity contribution is -0.173. The highest BCUT2D eigenvalue weighted by Crippen LogP contribution is 2.54. The normalized spacial score (nSPS) is 19.0. The van der Waals surface area contributed by atoms with Crippen molar-refractivity contribution in [3.63, 3.8) is 0 Å². The molecule has 5 aromatic carbocycles. The fourth-order valence-electron chi connectivity index (χ4n) is 6.01. The van der Waals surface area contributed by atoms with Crippen molar-refractivity contribution in [3.8, 4) is 0 Å². The number of phosphoric ester groups is 1. The molecule has 0 unspecified atom stereocenters. The summed E-state index contributed by atoms with van der Waals surface area (Å²) in [6.07, 6.45) is -1.16. The molecule has 0 amide bonds. The van der Waals surface area contributed by atoms with Gasteiger partial charge in [0.05, 0.1) is 64.6 Å². The third kappa shape index (κ3) is 12.3. The average molecular weight is 723 g/mol. The molecule has 1 aliphatic carbocycles. The van der Waals surface area contributed by atoms with Crippen LogP contribution in [0.25, 0.3) is 0 Å². The summed E-state index contributed by atoms with van der Waals surface area (Å²) in [6.45, 7) is 1.95. The lowest BCUT2D eigenvalue weighted by Gasteiger charge is -2.41. The number of hydrogen-bond acceptors (Lipinski definition) is 8. The maximum atomic E-state index is 14.7. The van der Waals surface area contributed by atoms with Crippen molar-refractivity contribution in [1.82, 2.24) is 0 Å². The molecular formula is C43H47O8P. The molecule has 1 fully saturated rings. The lowest BCUT2D eigenvalue weighted by Crippen LogP contribution is -2.50. The van der Waals surface area contributed by atoms with E-state index in [1.807, 2.05) is 152 Å². The summed E-state index contributed by atoms with van der Waals surface area (Å²) < 4.78 is 58.9. The summed E-state index contributed by atoms with van der Waals surface area (Å²) in [6, 6.07) is 49.1. The van der Waals surface area contributed by atoms with Crippen LogP contribution in [0.2, 0.25) is 0 Å². The minimum Gasteiger partial charge on any atom is -0.374 e. The van der Waals surface area contributed by atoms with Crippen molar-refractivity contribution in [2.45, 2.75) is 70.3 Å². The van der Waals surface area contributed by atoms with Gasteiger partial charge in [-0.3, -0.25) is 13.6 Å². The van der Waals surface area contributed by atoms with Gasteiger partial charge in [-0.05, 0) is 27.8 Å². The van der Waals surface area contributed by atoms with E-state index in [2.05, 4.69) is 0 Å². The molecular weight excluding hydrogens is 675 g/mol. The van der Waals surface area contributed by atoms with Crippen LogP contribution < -0.4 is 0 Å². The van der Waals surface area contributed by atoms with E-state index in [4.69, 9.17) is 32.5 Å². The molecule has 1 saturated carbocycles.